The largest absolute Gasteiger partial charge is 0.357 e. The molecule has 0 aliphatic carbocycles. The number of hydrogen-bond acceptors (Lipinski definition) is 2. The van der Waals surface area contributed by atoms with Crippen LogP contribution >= 0.6 is 24.0 Å². The molecular weight excluding hydrogens is 387 g/mol. The molecule has 1 heterocycles. The number of rotatable bonds is 8. The lowest BCUT2D eigenvalue weighted by molar-refractivity contribution is 0.181. The first kappa shape index (κ1) is 22.0. The van der Waals surface area contributed by atoms with Crippen LogP contribution < -0.4 is 10.6 Å². The molecule has 0 saturated carbocycles. The average Bonchev–Trinajstić information content (AvgIpc) is 2.47. The van der Waals surface area contributed by atoms with Crippen LogP contribution in [-0.2, 0) is 0 Å². The first-order valence-electron chi connectivity index (χ1n) is 8.92. The van der Waals surface area contributed by atoms with Gasteiger partial charge in [-0.15, -0.1) is 24.0 Å². The highest BCUT2D eigenvalue weighted by molar-refractivity contribution is 14.0. The summed E-state index contributed by atoms with van der Waals surface area (Å²) in [5.74, 6) is 1.86. The van der Waals surface area contributed by atoms with Gasteiger partial charge in [0.2, 0.25) is 0 Å². The third-order valence-electron chi connectivity index (χ3n) is 4.23. The minimum absolute atomic E-state index is 0. The molecule has 0 radical (unpaired) electrons. The summed E-state index contributed by atoms with van der Waals surface area (Å²) in [7, 11) is 0. The monoisotopic (exact) mass is 424 g/mol. The van der Waals surface area contributed by atoms with Gasteiger partial charge in [0.15, 0.2) is 5.96 Å². The fourth-order valence-electron chi connectivity index (χ4n) is 2.78. The van der Waals surface area contributed by atoms with Crippen molar-refractivity contribution < 1.29 is 0 Å². The van der Waals surface area contributed by atoms with Crippen LogP contribution in [0.15, 0.2) is 4.99 Å². The molecule has 1 rings (SSSR count). The van der Waals surface area contributed by atoms with Crippen LogP contribution in [0.4, 0.5) is 0 Å². The van der Waals surface area contributed by atoms with Crippen LogP contribution in [0.2, 0.25) is 0 Å². The lowest BCUT2D eigenvalue weighted by Crippen LogP contribution is -2.42. The summed E-state index contributed by atoms with van der Waals surface area (Å²) in [4.78, 5) is 7.30. The van der Waals surface area contributed by atoms with Gasteiger partial charge in [0.25, 0.3) is 0 Å². The Morgan fingerprint density at radius 1 is 1.32 bits per heavy atom. The molecule has 1 aliphatic rings. The predicted octanol–water partition coefficient (Wildman–Crippen LogP) is 3.47. The third-order valence-corrected chi connectivity index (χ3v) is 4.23. The highest BCUT2D eigenvalue weighted by Gasteiger charge is 2.15. The van der Waals surface area contributed by atoms with E-state index in [0.717, 1.165) is 31.4 Å². The topological polar surface area (TPSA) is 39.7 Å². The summed E-state index contributed by atoms with van der Waals surface area (Å²) in [5, 5.41) is 6.76. The molecule has 2 N–H and O–H groups in total. The second-order valence-electron chi connectivity index (χ2n) is 6.47. The van der Waals surface area contributed by atoms with Crippen molar-refractivity contribution in [3.05, 3.63) is 0 Å². The first-order valence-corrected chi connectivity index (χ1v) is 8.92. The van der Waals surface area contributed by atoms with Crippen molar-refractivity contribution in [2.75, 3.05) is 32.7 Å². The molecular formula is C17H37IN4. The minimum atomic E-state index is 0. The minimum Gasteiger partial charge on any atom is -0.357 e. The zero-order chi connectivity index (χ0) is 15.5. The van der Waals surface area contributed by atoms with Crippen LogP contribution in [-0.4, -0.2) is 49.6 Å². The number of likely N-dealkylation sites (tertiary alicyclic amines) is 1. The molecule has 1 fully saturated rings. The Labute approximate surface area is 154 Å². The van der Waals surface area contributed by atoms with Gasteiger partial charge in [-0.1, -0.05) is 13.8 Å². The first-order chi connectivity index (χ1) is 10.2. The summed E-state index contributed by atoms with van der Waals surface area (Å²) in [6, 6.07) is 0.484. The van der Waals surface area contributed by atoms with Crippen LogP contribution in [0.1, 0.15) is 59.8 Å². The lowest BCUT2D eigenvalue weighted by atomic mass is 10.0. The summed E-state index contributed by atoms with van der Waals surface area (Å²) < 4.78 is 0. The van der Waals surface area contributed by atoms with Crippen molar-refractivity contribution in [3.8, 4) is 0 Å². The van der Waals surface area contributed by atoms with Gasteiger partial charge in [-0.2, -0.15) is 0 Å². The number of unbranched alkanes of at least 4 members (excludes halogenated alkanes) is 1. The van der Waals surface area contributed by atoms with Crippen molar-refractivity contribution in [2.24, 2.45) is 10.9 Å². The van der Waals surface area contributed by atoms with E-state index < -0.39 is 0 Å². The quantitative estimate of drug-likeness (QED) is 0.271. The molecule has 2 atom stereocenters. The normalized spacial score (nSPS) is 21.1. The number of hydrogen-bond donors (Lipinski definition) is 2. The van der Waals surface area contributed by atoms with E-state index >= 15 is 0 Å². The van der Waals surface area contributed by atoms with Crippen molar-refractivity contribution in [1.29, 1.82) is 0 Å². The van der Waals surface area contributed by atoms with Crippen molar-refractivity contribution in [2.45, 2.75) is 65.8 Å². The molecule has 2 unspecified atom stereocenters. The van der Waals surface area contributed by atoms with E-state index in [4.69, 9.17) is 0 Å². The second kappa shape index (κ2) is 13.4. The van der Waals surface area contributed by atoms with Crippen LogP contribution in [0, 0.1) is 5.92 Å². The van der Waals surface area contributed by atoms with Gasteiger partial charge in [0.05, 0.1) is 0 Å². The van der Waals surface area contributed by atoms with Crippen LogP contribution in [0.5, 0.6) is 0 Å². The maximum atomic E-state index is 4.67. The van der Waals surface area contributed by atoms with Crippen molar-refractivity contribution in [1.82, 2.24) is 15.5 Å². The molecule has 0 spiro atoms. The summed E-state index contributed by atoms with van der Waals surface area (Å²) in [6.07, 6.45) is 6.36. The number of halogens is 1. The van der Waals surface area contributed by atoms with E-state index in [1.54, 1.807) is 0 Å². The predicted molar refractivity (Wildman–Crippen MR) is 108 cm³/mol. The van der Waals surface area contributed by atoms with Gasteiger partial charge in [-0.25, -0.2) is 0 Å². The van der Waals surface area contributed by atoms with Gasteiger partial charge < -0.3 is 15.5 Å². The summed E-state index contributed by atoms with van der Waals surface area (Å²) in [5.41, 5.74) is 0. The maximum Gasteiger partial charge on any atom is 0.191 e. The number of nitrogens with one attached hydrogen (secondary N) is 2. The van der Waals surface area contributed by atoms with Gasteiger partial charge in [0, 0.05) is 25.7 Å². The van der Waals surface area contributed by atoms with Gasteiger partial charge in [0.1, 0.15) is 0 Å². The Bertz CT molecular complexity index is 296. The van der Waals surface area contributed by atoms with E-state index in [1.165, 1.54) is 45.3 Å². The molecule has 0 aromatic rings. The molecule has 22 heavy (non-hydrogen) atoms. The van der Waals surface area contributed by atoms with Crippen LogP contribution in [0.25, 0.3) is 0 Å². The summed E-state index contributed by atoms with van der Waals surface area (Å²) >= 11 is 0. The molecule has 4 nitrogen and oxygen atoms in total. The SMILES string of the molecule is CCNC(=NCCCCN1CCCC(C)C1)NC(C)CC.I. The molecule has 0 bridgehead atoms. The third kappa shape index (κ3) is 9.87. The molecule has 1 aliphatic heterocycles. The Morgan fingerprint density at radius 3 is 2.73 bits per heavy atom. The second-order valence-corrected chi connectivity index (χ2v) is 6.47. The average molecular weight is 424 g/mol. The molecule has 132 valence electrons. The smallest absolute Gasteiger partial charge is 0.191 e. The van der Waals surface area contributed by atoms with Gasteiger partial charge >= 0.3 is 0 Å². The molecule has 0 amide bonds. The summed E-state index contributed by atoms with van der Waals surface area (Å²) in [6.45, 7) is 14.6. The van der Waals surface area contributed by atoms with Gasteiger partial charge in [-0.3, -0.25) is 4.99 Å². The number of aliphatic imine (C=N–C) groups is 1. The molecule has 0 aromatic carbocycles. The van der Waals surface area contributed by atoms with Crippen molar-refractivity contribution >= 4 is 29.9 Å². The zero-order valence-electron chi connectivity index (χ0n) is 15.0. The number of nitrogens with zero attached hydrogens (tertiary/aromatic N) is 2. The highest BCUT2D eigenvalue weighted by atomic mass is 127. The fraction of sp³-hybridized carbons (Fsp3) is 0.941. The number of guanidine groups is 1. The Balaban J connectivity index is 0.00000441. The molecule has 1 saturated heterocycles. The van der Waals surface area contributed by atoms with E-state index in [1.807, 2.05) is 0 Å². The van der Waals surface area contributed by atoms with Crippen molar-refractivity contribution in [3.63, 3.8) is 0 Å². The van der Waals surface area contributed by atoms with Crippen LogP contribution in [0.3, 0.4) is 0 Å². The standard InChI is InChI=1S/C17H36N4.HI/c1-5-16(4)20-17(18-6-2)19-11-7-8-12-21-13-9-10-15(3)14-21;/h15-16H,5-14H2,1-4H3,(H2,18,19,20);1H. The zero-order valence-corrected chi connectivity index (χ0v) is 17.4. The Kier molecular flexibility index (Phi) is 13.4. The molecule has 5 heteroatoms. The van der Waals surface area contributed by atoms with E-state index in [-0.39, 0.29) is 24.0 Å². The Morgan fingerprint density at radius 2 is 2.09 bits per heavy atom. The maximum absolute atomic E-state index is 4.67. The van der Waals surface area contributed by atoms with E-state index in [0.29, 0.717) is 6.04 Å². The fourth-order valence-corrected chi connectivity index (χ4v) is 2.78. The van der Waals surface area contributed by atoms with E-state index in [2.05, 4.69) is 48.2 Å². The lowest BCUT2D eigenvalue weighted by Gasteiger charge is -2.30. The van der Waals surface area contributed by atoms with E-state index in [9.17, 15) is 0 Å². The number of piperidine rings is 1. The molecule has 0 aromatic heterocycles. The highest BCUT2D eigenvalue weighted by Crippen LogP contribution is 2.15. The Hall–Kier alpha value is -0.0400. The van der Waals surface area contributed by atoms with Gasteiger partial charge in [-0.05, 0) is 65.0 Å².